The van der Waals surface area contributed by atoms with Crippen LogP contribution in [0.3, 0.4) is 0 Å². The highest BCUT2D eigenvalue weighted by Crippen LogP contribution is 2.34. The number of benzene rings is 2. The molecule has 1 aliphatic rings. The smallest absolute Gasteiger partial charge is 0.258 e. The topological polar surface area (TPSA) is 59.7 Å². The first-order valence-electron chi connectivity index (χ1n) is 10.3. The van der Waals surface area contributed by atoms with Crippen LogP contribution >= 0.6 is 0 Å². The van der Waals surface area contributed by atoms with E-state index in [4.69, 9.17) is 4.74 Å². The number of nitrogens with zero attached hydrogens (tertiary/aromatic N) is 4. The van der Waals surface area contributed by atoms with Crippen molar-refractivity contribution < 1.29 is 13.9 Å². The number of rotatable bonds is 5. The van der Waals surface area contributed by atoms with Gasteiger partial charge in [0.15, 0.2) is 11.5 Å². The molecule has 1 fully saturated rings. The number of likely N-dealkylation sites (tertiary alicyclic amines) is 1. The zero-order valence-electron chi connectivity index (χ0n) is 16.8. The van der Waals surface area contributed by atoms with Gasteiger partial charge in [0, 0.05) is 12.7 Å². The van der Waals surface area contributed by atoms with E-state index in [0.29, 0.717) is 17.9 Å². The number of fused-ring (bicyclic) bond motifs is 1. The summed E-state index contributed by atoms with van der Waals surface area (Å²) >= 11 is 0. The summed E-state index contributed by atoms with van der Waals surface area (Å²) in [4.78, 5) is 15.4. The molecule has 0 N–H and O–H groups in total. The molecule has 3 heterocycles. The van der Waals surface area contributed by atoms with Crippen molar-refractivity contribution in [2.75, 3.05) is 6.54 Å². The number of halogens is 1. The molecular formula is C24H21FN4O2. The predicted molar refractivity (Wildman–Crippen MR) is 113 cm³/mol. The first-order chi connectivity index (χ1) is 15.2. The number of carbonyl (C=O) groups is 1. The van der Waals surface area contributed by atoms with Crippen LogP contribution in [-0.4, -0.2) is 31.9 Å². The second kappa shape index (κ2) is 8.18. The Bertz CT molecular complexity index is 1220. The number of pyridine rings is 1. The molecule has 2 aromatic heterocycles. The predicted octanol–water partition coefficient (Wildman–Crippen LogP) is 4.42. The molecule has 0 bridgehead atoms. The first kappa shape index (κ1) is 19.2. The van der Waals surface area contributed by atoms with E-state index < -0.39 is 0 Å². The third kappa shape index (κ3) is 3.74. The maximum Gasteiger partial charge on any atom is 0.258 e. The van der Waals surface area contributed by atoms with Crippen molar-refractivity contribution in [3.05, 3.63) is 95.7 Å². The molecule has 1 atom stereocenters. The minimum absolute atomic E-state index is 0.0927. The van der Waals surface area contributed by atoms with Crippen molar-refractivity contribution in [3.63, 3.8) is 0 Å². The first-order valence-corrected chi connectivity index (χ1v) is 10.3. The Morgan fingerprint density at radius 3 is 2.71 bits per heavy atom. The van der Waals surface area contributed by atoms with Gasteiger partial charge in [-0.1, -0.05) is 30.3 Å². The molecule has 5 rings (SSSR count). The highest BCUT2D eigenvalue weighted by molar-refractivity contribution is 5.97. The standard InChI is InChI=1S/C24H21FN4O2/c25-18-12-10-17(11-13-18)16-31-21-8-2-1-6-19(21)24(30)28-15-5-7-20(28)23-27-26-22-9-3-4-14-29(22)23/h1-4,6,8-14,20H,5,7,15-16H2/t20-/m0/s1. The van der Waals surface area contributed by atoms with Gasteiger partial charge in [-0.25, -0.2) is 4.39 Å². The average Bonchev–Trinajstić information content (AvgIpc) is 3.45. The fraction of sp³-hybridized carbons (Fsp3) is 0.208. The number of hydrogen-bond donors (Lipinski definition) is 0. The highest BCUT2D eigenvalue weighted by atomic mass is 19.1. The average molecular weight is 416 g/mol. The van der Waals surface area contributed by atoms with E-state index >= 15 is 0 Å². The van der Waals surface area contributed by atoms with Crippen LogP contribution in [-0.2, 0) is 6.61 Å². The lowest BCUT2D eigenvalue weighted by atomic mass is 10.1. The molecule has 6 nitrogen and oxygen atoms in total. The van der Waals surface area contributed by atoms with E-state index in [-0.39, 0.29) is 24.4 Å². The molecule has 1 aliphatic heterocycles. The number of carbonyl (C=O) groups excluding carboxylic acids is 1. The molecule has 0 spiro atoms. The van der Waals surface area contributed by atoms with Gasteiger partial charge in [0.25, 0.3) is 5.91 Å². The third-order valence-corrected chi connectivity index (χ3v) is 5.58. The molecule has 1 saturated heterocycles. The van der Waals surface area contributed by atoms with Crippen LogP contribution in [0.1, 0.15) is 40.6 Å². The Kier molecular flexibility index (Phi) is 5.08. The highest BCUT2D eigenvalue weighted by Gasteiger charge is 2.34. The minimum atomic E-state index is -0.291. The number of para-hydroxylation sites is 1. The molecule has 1 amide bonds. The number of amides is 1. The van der Waals surface area contributed by atoms with Gasteiger partial charge < -0.3 is 9.64 Å². The number of hydrogen-bond acceptors (Lipinski definition) is 4. The van der Waals surface area contributed by atoms with Gasteiger partial charge in [-0.05, 0) is 54.8 Å². The Hall–Kier alpha value is -3.74. The molecule has 0 unspecified atom stereocenters. The van der Waals surface area contributed by atoms with E-state index in [9.17, 15) is 9.18 Å². The Morgan fingerprint density at radius 2 is 1.84 bits per heavy atom. The number of ether oxygens (including phenoxy) is 1. The fourth-order valence-electron chi connectivity index (χ4n) is 4.03. The molecule has 0 saturated carbocycles. The lowest BCUT2D eigenvalue weighted by Crippen LogP contribution is -2.31. The van der Waals surface area contributed by atoms with Gasteiger partial charge in [0.2, 0.25) is 0 Å². The summed E-state index contributed by atoms with van der Waals surface area (Å²) in [5.41, 5.74) is 2.10. The largest absolute Gasteiger partial charge is 0.488 e. The van der Waals surface area contributed by atoms with Gasteiger partial charge in [-0.15, -0.1) is 10.2 Å². The Balaban J connectivity index is 1.40. The molecule has 2 aromatic carbocycles. The van der Waals surface area contributed by atoms with Gasteiger partial charge >= 0.3 is 0 Å². The summed E-state index contributed by atoms with van der Waals surface area (Å²) < 4.78 is 21.0. The van der Waals surface area contributed by atoms with E-state index in [1.54, 1.807) is 24.3 Å². The monoisotopic (exact) mass is 416 g/mol. The Morgan fingerprint density at radius 1 is 1.03 bits per heavy atom. The molecule has 31 heavy (non-hydrogen) atoms. The maximum atomic E-state index is 13.5. The molecular weight excluding hydrogens is 395 g/mol. The molecule has 0 radical (unpaired) electrons. The second-order valence-corrected chi connectivity index (χ2v) is 7.55. The summed E-state index contributed by atoms with van der Waals surface area (Å²) in [6.45, 7) is 0.903. The zero-order valence-corrected chi connectivity index (χ0v) is 16.8. The van der Waals surface area contributed by atoms with Gasteiger partial charge in [-0.2, -0.15) is 0 Å². The van der Waals surface area contributed by atoms with Crippen LogP contribution in [0.25, 0.3) is 5.65 Å². The van der Waals surface area contributed by atoms with Gasteiger partial charge in [0.05, 0.1) is 11.6 Å². The second-order valence-electron chi connectivity index (χ2n) is 7.55. The summed E-state index contributed by atoms with van der Waals surface area (Å²) in [5, 5.41) is 8.61. The molecule has 4 aromatic rings. The van der Waals surface area contributed by atoms with Crippen molar-refractivity contribution in [3.8, 4) is 5.75 Å². The van der Waals surface area contributed by atoms with Crippen LogP contribution < -0.4 is 4.74 Å². The molecule has 7 heteroatoms. The minimum Gasteiger partial charge on any atom is -0.488 e. The van der Waals surface area contributed by atoms with Gasteiger partial charge in [0.1, 0.15) is 18.2 Å². The maximum absolute atomic E-state index is 13.5. The van der Waals surface area contributed by atoms with Crippen molar-refractivity contribution in [2.45, 2.75) is 25.5 Å². The lowest BCUT2D eigenvalue weighted by Gasteiger charge is -2.24. The third-order valence-electron chi connectivity index (χ3n) is 5.58. The SMILES string of the molecule is O=C(c1ccccc1OCc1ccc(F)cc1)N1CCC[C@H]1c1nnc2ccccn12. The van der Waals surface area contributed by atoms with E-state index in [2.05, 4.69) is 10.2 Å². The van der Waals surface area contributed by atoms with Crippen molar-refractivity contribution in [1.29, 1.82) is 0 Å². The molecule has 156 valence electrons. The normalized spacial score (nSPS) is 16.0. The van der Waals surface area contributed by atoms with E-state index in [1.807, 2.05) is 45.8 Å². The van der Waals surface area contributed by atoms with E-state index in [1.165, 1.54) is 12.1 Å². The Labute approximate surface area is 178 Å². The van der Waals surface area contributed by atoms with Crippen molar-refractivity contribution in [1.82, 2.24) is 19.5 Å². The fourth-order valence-corrected chi connectivity index (χ4v) is 4.03. The van der Waals surface area contributed by atoms with Crippen molar-refractivity contribution >= 4 is 11.6 Å². The quantitative estimate of drug-likeness (QED) is 0.483. The van der Waals surface area contributed by atoms with Crippen LogP contribution in [0, 0.1) is 5.82 Å². The summed E-state index contributed by atoms with van der Waals surface area (Å²) in [7, 11) is 0. The van der Waals surface area contributed by atoms with Gasteiger partial charge in [-0.3, -0.25) is 9.20 Å². The van der Waals surface area contributed by atoms with Crippen LogP contribution in [0.2, 0.25) is 0 Å². The van der Waals surface area contributed by atoms with E-state index in [0.717, 1.165) is 29.9 Å². The summed E-state index contributed by atoms with van der Waals surface area (Å²) in [6, 6.07) is 19.0. The number of aromatic nitrogens is 3. The summed E-state index contributed by atoms with van der Waals surface area (Å²) in [5.74, 6) is 0.894. The molecule has 0 aliphatic carbocycles. The van der Waals surface area contributed by atoms with Crippen LogP contribution in [0.5, 0.6) is 5.75 Å². The van der Waals surface area contributed by atoms with Crippen molar-refractivity contribution in [2.24, 2.45) is 0 Å². The van der Waals surface area contributed by atoms with Crippen LogP contribution in [0.4, 0.5) is 4.39 Å². The lowest BCUT2D eigenvalue weighted by molar-refractivity contribution is 0.0724. The summed E-state index contributed by atoms with van der Waals surface area (Å²) in [6.07, 6.45) is 3.65. The zero-order chi connectivity index (χ0) is 21.2. The van der Waals surface area contributed by atoms with Crippen LogP contribution in [0.15, 0.2) is 72.9 Å².